The first-order valence-corrected chi connectivity index (χ1v) is 8.40. The van der Waals surface area contributed by atoms with Crippen molar-refractivity contribution in [3.05, 3.63) is 29.5 Å². The monoisotopic (exact) mass is 315 g/mol. The Kier molecular flexibility index (Phi) is 2.57. The molecule has 2 heterocycles. The lowest BCUT2D eigenvalue weighted by Crippen LogP contribution is -2.36. The van der Waals surface area contributed by atoms with Crippen LogP contribution in [0, 0.1) is 17.8 Å². The van der Waals surface area contributed by atoms with E-state index in [1.165, 1.54) is 6.42 Å². The molecule has 4 aliphatic rings. The van der Waals surface area contributed by atoms with Gasteiger partial charge in [-0.15, -0.1) is 0 Å². The first kappa shape index (κ1) is 13.1. The number of hydrogen-bond acceptors (Lipinski definition) is 4. The molecular formula is C17H18ClN3O. The summed E-state index contributed by atoms with van der Waals surface area (Å²) in [7, 11) is 0. The molecule has 4 fully saturated rings. The van der Waals surface area contributed by atoms with Crippen LogP contribution in [0.4, 0.5) is 5.82 Å². The molecule has 5 atom stereocenters. The van der Waals surface area contributed by atoms with Crippen LogP contribution in [-0.2, 0) is 0 Å². The van der Waals surface area contributed by atoms with Gasteiger partial charge in [0.15, 0.2) is 0 Å². The number of nitrogens with one attached hydrogen (secondary N) is 1. The average Bonchev–Trinajstić information content (AvgIpc) is 2.82. The molecule has 0 aromatic carbocycles. The van der Waals surface area contributed by atoms with E-state index in [2.05, 4.69) is 15.3 Å². The van der Waals surface area contributed by atoms with Crippen LogP contribution in [0.5, 0.6) is 0 Å². The minimum atomic E-state index is -0.447. The number of nitrogens with zero attached hydrogens (tertiary/aromatic N) is 2. The summed E-state index contributed by atoms with van der Waals surface area (Å²) < 4.78 is 0. The maximum absolute atomic E-state index is 10.8. The average molecular weight is 316 g/mol. The van der Waals surface area contributed by atoms with E-state index in [1.54, 1.807) is 12.3 Å². The van der Waals surface area contributed by atoms with E-state index in [0.717, 1.165) is 41.9 Å². The summed E-state index contributed by atoms with van der Waals surface area (Å²) in [6, 6.07) is 6.04. The summed E-state index contributed by atoms with van der Waals surface area (Å²) in [4.78, 5) is 8.86. The molecule has 2 N–H and O–H groups in total. The minimum absolute atomic E-state index is 0.304. The van der Waals surface area contributed by atoms with Gasteiger partial charge in [-0.25, -0.2) is 4.98 Å². The number of fused-ring (bicyclic) bond motifs is 1. The van der Waals surface area contributed by atoms with Gasteiger partial charge in [0, 0.05) is 29.6 Å². The number of rotatable bonds is 2. The van der Waals surface area contributed by atoms with Gasteiger partial charge in [-0.2, -0.15) is 0 Å². The fraction of sp³-hybridized carbons (Fsp3) is 0.529. The Bertz CT molecular complexity index is 767. The predicted octanol–water partition coefficient (Wildman–Crippen LogP) is 3.24. The molecule has 0 amide bonds. The lowest BCUT2D eigenvalue weighted by molar-refractivity contribution is 0.00989. The fourth-order valence-corrected chi connectivity index (χ4v) is 5.49. The number of pyridine rings is 2. The molecule has 0 radical (unpaired) electrons. The highest BCUT2D eigenvalue weighted by Crippen LogP contribution is 2.60. The van der Waals surface area contributed by atoms with E-state index in [0.29, 0.717) is 23.0 Å². The van der Waals surface area contributed by atoms with Crippen LogP contribution in [0.15, 0.2) is 24.4 Å². The van der Waals surface area contributed by atoms with Crippen molar-refractivity contribution in [2.45, 2.75) is 37.3 Å². The molecule has 4 nitrogen and oxygen atoms in total. The van der Waals surface area contributed by atoms with Crippen molar-refractivity contribution in [3.8, 4) is 0 Å². The molecule has 2 aromatic rings. The summed E-state index contributed by atoms with van der Waals surface area (Å²) in [5, 5.41) is 15.9. The summed E-state index contributed by atoms with van der Waals surface area (Å²) in [6.07, 6.45) is 6.05. The Morgan fingerprint density at radius 2 is 2.23 bits per heavy atom. The van der Waals surface area contributed by atoms with Gasteiger partial charge in [0.1, 0.15) is 11.0 Å². The van der Waals surface area contributed by atoms with Crippen LogP contribution in [0.25, 0.3) is 10.9 Å². The van der Waals surface area contributed by atoms with Crippen molar-refractivity contribution >= 4 is 28.3 Å². The van der Waals surface area contributed by atoms with Gasteiger partial charge in [-0.3, -0.25) is 4.98 Å². The highest BCUT2D eigenvalue weighted by Gasteiger charge is 2.62. The Morgan fingerprint density at radius 3 is 3.09 bits per heavy atom. The maximum atomic E-state index is 10.8. The van der Waals surface area contributed by atoms with E-state index < -0.39 is 5.60 Å². The molecule has 4 saturated carbocycles. The number of aromatic nitrogens is 2. The second kappa shape index (κ2) is 4.33. The van der Waals surface area contributed by atoms with E-state index >= 15 is 0 Å². The standard InChI is InChI=1S/C17H18ClN3O/c18-14-6-13-11(2-1-3-19-13)16(20-14)21-15-10-4-9-5-12(15)17(22,7-9)8-10/h1-3,6,9-10,12,15,22H,4-5,7-8H2,(H,20,21). The quantitative estimate of drug-likeness (QED) is 0.835. The third-order valence-corrected chi connectivity index (χ3v) is 6.18. The zero-order valence-corrected chi connectivity index (χ0v) is 12.9. The van der Waals surface area contributed by atoms with Crippen LogP contribution in [0.3, 0.4) is 0 Å². The van der Waals surface area contributed by atoms with Crippen molar-refractivity contribution < 1.29 is 5.11 Å². The SMILES string of the molecule is OC12CC3CC(C1)C(Nc1nc(Cl)cc4ncccc14)C2C3. The molecule has 6 rings (SSSR count). The van der Waals surface area contributed by atoms with Crippen molar-refractivity contribution in [2.24, 2.45) is 17.8 Å². The van der Waals surface area contributed by atoms with Gasteiger partial charge in [0.25, 0.3) is 0 Å². The molecule has 5 unspecified atom stereocenters. The van der Waals surface area contributed by atoms with Crippen LogP contribution >= 0.6 is 11.6 Å². The molecule has 0 aliphatic heterocycles. The number of anilines is 1. The molecule has 114 valence electrons. The van der Waals surface area contributed by atoms with Crippen molar-refractivity contribution in [1.29, 1.82) is 0 Å². The fourth-order valence-electron chi connectivity index (χ4n) is 5.31. The largest absolute Gasteiger partial charge is 0.389 e. The molecule has 5 heteroatoms. The van der Waals surface area contributed by atoms with Crippen LogP contribution < -0.4 is 5.32 Å². The minimum Gasteiger partial charge on any atom is -0.389 e. The lowest BCUT2D eigenvalue weighted by atomic mass is 9.79. The van der Waals surface area contributed by atoms with Gasteiger partial charge < -0.3 is 10.4 Å². The number of halogens is 1. The summed E-state index contributed by atoms with van der Waals surface area (Å²) in [6.45, 7) is 0. The Hall–Kier alpha value is -1.39. The Morgan fingerprint density at radius 1 is 1.32 bits per heavy atom. The smallest absolute Gasteiger partial charge is 0.137 e. The zero-order chi connectivity index (χ0) is 14.9. The highest BCUT2D eigenvalue weighted by molar-refractivity contribution is 6.30. The number of hydrogen-bond donors (Lipinski definition) is 2. The van der Waals surface area contributed by atoms with Gasteiger partial charge >= 0.3 is 0 Å². The van der Waals surface area contributed by atoms with Crippen LogP contribution in [0.2, 0.25) is 5.15 Å². The van der Waals surface area contributed by atoms with Crippen molar-refractivity contribution in [2.75, 3.05) is 5.32 Å². The van der Waals surface area contributed by atoms with Gasteiger partial charge in [-0.1, -0.05) is 11.6 Å². The third kappa shape index (κ3) is 1.74. The van der Waals surface area contributed by atoms with Crippen LogP contribution in [0.1, 0.15) is 25.7 Å². The molecular weight excluding hydrogens is 298 g/mol. The molecule has 4 aliphatic carbocycles. The zero-order valence-electron chi connectivity index (χ0n) is 12.2. The first-order chi connectivity index (χ1) is 10.6. The molecule has 22 heavy (non-hydrogen) atoms. The molecule has 0 spiro atoms. The highest BCUT2D eigenvalue weighted by atomic mass is 35.5. The van der Waals surface area contributed by atoms with Crippen molar-refractivity contribution in [3.63, 3.8) is 0 Å². The van der Waals surface area contributed by atoms with Gasteiger partial charge in [-0.05, 0) is 49.7 Å². The van der Waals surface area contributed by atoms with E-state index in [9.17, 15) is 5.11 Å². The third-order valence-electron chi connectivity index (χ3n) is 5.98. The Balaban J connectivity index is 1.55. The second-order valence-corrected chi connectivity index (χ2v) is 7.64. The molecule has 2 aromatic heterocycles. The summed E-state index contributed by atoms with van der Waals surface area (Å²) in [5.41, 5.74) is 0.411. The Labute approximate surface area is 133 Å². The summed E-state index contributed by atoms with van der Waals surface area (Å²) in [5.74, 6) is 2.43. The first-order valence-electron chi connectivity index (χ1n) is 8.02. The van der Waals surface area contributed by atoms with E-state index in [4.69, 9.17) is 11.6 Å². The predicted molar refractivity (Wildman–Crippen MR) is 85.8 cm³/mol. The van der Waals surface area contributed by atoms with E-state index in [-0.39, 0.29) is 0 Å². The molecule has 0 saturated heterocycles. The van der Waals surface area contributed by atoms with Gasteiger partial charge in [0.05, 0.1) is 11.1 Å². The topological polar surface area (TPSA) is 58.0 Å². The normalized spacial score (nSPS) is 38.8. The van der Waals surface area contributed by atoms with Gasteiger partial charge in [0.2, 0.25) is 0 Å². The lowest BCUT2D eigenvalue weighted by Gasteiger charge is -2.32. The summed E-state index contributed by atoms with van der Waals surface area (Å²) >= 11 is 6.15. The van der Waals surface area contributed by atoms with Crippen LogP contribution in [-0.4, -0.2) is 26.7 Å². The number of aliphatic hydroxyl groups is 1. The van der Waals surface area contributed by atoms with Crippen molar-refractivity contribution in [1.82, 2.24) is 9.97 Å². The maximum Gasteiger partial charge on any atom is 0.137 e. The van der Waals surface area contributed by atoms with E-state index in [1.807, 2.05) is 12.1 Å². The molecule has 4 bridgehead atoms. The second-order valence-electron chi connectivity index (χ2n) is 7.25.